The van der Waals surface area contributed by atoms with Crippen molar-refractivity contribution in [3.05, 3.63) is 29.3 Å². The van der Waals surface area contributed by atoms with Gasteiger partial charge in [0.25, 0.3) is 5.91 Å². The molecule has 2 N–H and O–H groups in total. The van der Waals surface area contributed by atoms with Crippen molar-refractivity contribution in [2.24, 2.45) is 7.05 Å². The molecule has 0 unspecified atom stereocenters. The average molecular weight is 403 g/mol. The van der Waals surface area contributed by atoms with E-state index in [0.29, 0.717) is 31.7 Å². The molecule has 2 aromatic rings. The van der Waals surface area contributed by atoms with E-state index in [1.54, 1.807) is 15.4 Å². The molecular formula is C19H30N8O2. The Hall–Kier alpha value is -2.75. The largest absolute Gasteiger partial charge is 0.354 e. The Balaban J connectivity index is 1.39. The lowest BCUT2D eigenvalue weighted by Crippen LogP contribution is -2.42. The molecule has 3 heterocycles. The Morgan fingerprint density at radius 1 is 1.17 bits per heavy atom. The topological polar surface area (TPSA) is 110 Å². The maximum Gasteiger partial charge on any atom is 0.271 e. The predicted octanol–water partition coefficient (Wildman–Crippen LogP) is 0.0275. The number of carbonyl (C=O) groups is 2. The molecule has 1 fully saturated rings. The summed E-state index contributed by atoms with van der Waals surface area (Å²) in [5.74, 6) is -0.126. The highest BCUT2D eigenvalue weighted by Crippen LogP contribution is 2.24. The van der Waals surface area contributed by atoms with Gasteiger partial charge in [-0.2, -0.15) is 5.10 Å². The number of aromatic nitrogens is 5. The zero-order chi connectivity index (χ0) is 21.0. The first-order chi connectivity index (χ1) is 13.8. The van der Waals surface area contributed by atoms with E-state index in [1.165, 1.54) is 0 Å². The number of rotatable bonds is 8. The maximum atomic E-state index is 12.3. The average Bonchev–Trinajstić information content (AvgIpc) is 3.34. The molecule has 0 bridgehead atoms. The second kappa shape index (κ2) is 9.17. The van der Waals surface area contributed by atoms with Crippen LogP contribution in [-0.2, 0) is 18.4 Å². The van der Waals surface area contributed by atoms with Crippen LogP contribution in [0.4, 0.5) is 0 Å². The fourth-order valence-corrected chi connectivity index (χ4v) is 3.66. The lowest BCUT2D eigenvalue weighted by molar-refractivity contribution is -0.122. The predicted molar refractivity (Wildman–Crippen MR) is 107 cm³/mol. The smallest absolute Gasteiger partial charge is 0.271 e. The number of carbonyl (C=O) groups excluding carboxylic acids is 2. The molecule has 10 heteroatoms. The van der Waals surface area contributed by atoms with Gasteiger partial charge >= 0.3 is 0 Å². The summed E-state index contributed by atoms with van der Waals surface area (Å²) in [5.41, 5.74) is 2.24. The normalized spacial score (nSPS) is 19.4. The Morgan fingerprint density at radius 3 is 2.59 bits per heavy atom. The summed E-state index contributed by atoms with van der Waals surface area (Å²) in [6.07, 6.45) is 4.20. The summed E-state index contributed by atoms with van der Waals surface area (Å²) in [4.78, 5) is 26.8. The van der Waals surface area contributed by atoms with E-state index < -0.39 is 0 Å². The Labute approximate surface area is 170 Å². The summed E-state index contributed by atoms with van der Waals surface area (Å²) in [5, 5.41) is 18.0. The van der Waals surface area contributed by atoms with Crippen molar-refractivity contribution in [2.45, 2.75) is 51.7 Å². The first-order valence-corrected chi connectivity index (χ1v) is 9.97. The Bertz CT molecular complexity index is 839. The first kappa shape index (κ1) is 21.0. The molecule has 3 rings (SSSR count). The highest BCUT2D eigenvalue weighted by molar-refractivity contribution is 5.92. The number of likely N-dealkylation sites (tertiary alicyclic amines) is 1. The number of nitrogens with zero attached hydrogens (tertiary/aromatic N) is 6. The van der Waals surface area contributed by atoms with Crippen molar-refractivity contribution in [1.82, 2.24) is 40.3 Å². The highest BCUT2D eigenvalue weighted by Gasteiger charge is 2.32. The van der Waals surface area contributed by atoms with Crippen LogP contribution in [0.3, 0.4) is 0 Å². The lowest BCUT2D eigenvalue weighted by atomic mass is 10.1. The molecule has 0 spiro atoms. The maximum absolute atomic E-state index is 12.3. The molecule has 0 radical (unpaired) electrons. The summed E-state index contributed by atoms with van der Waals surface area (Å²) in [6.45, 7) is 5.48. The summed E-state index contributed by atoms with van der Waals surface area (Å²) >= 11 is 0. The molecule has 0 saturated carbocycles. The second-order valence-corrected chi connectivity index (χ2v) is 7.73. The van der Waals surface area contributed by atoms with Crippen LogP contribution in [0.25, 0.3) is 0 Å². The Morgan fingerprint density at radius 2 is 1.93 bits per heavy atom. The van der Waals surface area contributed by atoms with Gasteiger partial charge in [-0.3, -0.25) is 23.9 Å². The van der Waals surface area contributed by atoms with Gasteiger partial charge in [-0.15, -0.1) is 5.10 Å². The van der Waals surface area contributed by atoms with Gasteiger partial charge < -0.3 is 10.6 Å². The monoisotopic (exact) mass is 402 g/mol. The van der Waals surface area contributed by atoms with Crippen molar-refractivity contribution in [1.29, 1.82) is 0 Å². The molecular weight excluding hydrogens is 372 g/mol. The van der Waals surface area contributed by atoms with Gasteiger partial charge in [-0.25, -0.2) is 0 Å². The molecule has 2 atom stereocenters. The van der Waals surface area contributed by atoms with Gasteiger partial charge in [0.1, 0.15) is 5.69 Å². The zero-order valence-electron chi connectivity index (χ0n) is 17.6. The third-order valence-electron chi connectivity index (χ3n) is 5.57. The molecule has 1 aliphatic rings. The van der Waals surface area contributed by atoms with Crippen LogP contribution in [0.15, 0.2) is 12.3 Å². The zero-order valence-corrected chi connectivity index (χ0v) is 17.6. The molecule has 10 nitrogen and oxygen atoms in total. The third kappa shape index (κ3) is 5.41. The van der Waals surface area contributed by atoms with Crippen molar-refractivity contribution in [3.8, 4) is 0 Å². The minimum absolute atomic E-state index is 0.0346. The third-order valence-corrected chi connectivity index (χ3v) is 5.57. The SMILES string of the molecule is Cc1cn(CCNC(=O)C[C@H]2CC[C@@H](CNC(=O)c3cc(C)n(C)n3)N2C)nn1. The molecule has 0 aliphatic carbocycles. The number of hydrogen-bond acceptors (Lipinski definition) is 6. The molecule has 0 aromatic carbocycles. The summed E-state index contributed by atoms with van der Waals surface area (Å²) in [7, 11) is 3.84. The molecule has 1 aliphatic heterocycles. The minimum atomic E-state index is -0.161. The second-order valence-electron chi connectivity index (χ2n) is 7.73. The van der Waals surface area contributed by atoms with Gasteiger partial charge in [-0.1, -0.05) is 5.21 Å². The van der Waals surface area contributed by atoms with Gasteiger partial charge in [0.2, 0.25) is 5.91 Å². The van der Waals surface area contributed by atoms with Crippen LogP contribution in [0, 0.1) is 13.8 Å². The molecule has 2 amide bonds. The van der Waals surface area contributed by atoms with E-state index in [9.17, 15) is 9.59 Å². The highest BCUT2D eigenvalue weighted by atomic mass is 16.2. The van der Waals surface area contributed by atoms with E-state index in [0.717, 1.165) is 24.2 Å². The van der Waals surface area contributed by atoms with Crippen LogP contribution in [-0.4, -0.2) is 73.7 Å². The number of aryl methyl sites for hydroxylation is 3. The summed E-state index contributed by atoms with van der Waals surface area (Å²) < 4.78 is 3.41. The van der Waals surface area contributed by atoms with Crippen LogP contribution >= 0.6 is 0 Å². The van der Waals surface area contributed by atoms with Crippen LogP contribution in [0.5, 0.6) is 0 Å². The van der Waals surface area contributed by atoms with Gasteiger partial charge in [-0.05, 0) is 39.8 Å². The van der Waals surface area contributed by atoms with E-state index in [2.05, 4.69) is 30.9 Å². The quantitative estimate of drug-likeness (QED) is 0.645. The minimum Gasteiger partial charge on any atom is -0.354 e. The van der Waals surface area contributed by atoms with Crippen molar-refractivity contribution < 1.29 is 9.59 Å². The van der Waals surface area contributed by atoms with Gasteiger partial charge in [0.05, 0.1) is 12.2 Å². The standard InChI is InChI=1S/C19H30N8O2/c1-13-12-27(24-22-13)8-7-20-18(28)10-15-5-6-16(25(15)3)11-21-19(29)17-9-14(2)26(4)23-17/h9,12,15-16H,5-8,10-11H2,1-4H3,(H,20,28)(H,21,29)/t15-,16+/m1/s1. The van der Waals surface area contributed by atoms with E-state index in [-0.39, 0.29) is 23.9 Å². The lowest BCUT2D eigenvalue weighted by Gasteiger charge is -2.25. The summed E-state index contributed by atoms with van der Waals surface area (Å²) in [6, 6.07) is 2.18. The van der Waals surface area contributed by atoms with Crippen LogP contribution < -0.4 is 10.6 Å². The fraction of sp³-hybridized carbons (Fsp3) is 0.632. The fourth-order valence-electron chi connectivity index (χ4n) is 3.66. The number of amides is 2. The van der Waals surface area contributed by atoms with Crippen molar-refractivity contribution >= 4 is 11.8 Å². The van der Waals surface area contributed by atoms with E-state index >= 15 is 0 Å². The van der Waals surface area contributed by atoms with E-state index in [1.807, 2.05) is 34.1 Å². The number of likely N-dealkylation sites (N-methyl/N-ethyl adjacent to an activating group) is 1. The van der Waals surface area contributed by atoms with Crippen LogP contribution in [0.2, 0.25) is 0 Å². The number of nitrogens with one attached hydrogen (secondary N) is 2. The molecule has 29 heavy (non-hydrogen) atoms. The molecule has 1 saturated heterocycles. The number of hydrogen-bond donors (Lipinski definition) is 2. The van der Waals surface area contributed by atoms with Gasteiger partial charge in [0.15, 0.2) is 0 Å². The van der Waals surface area contributed by atoms with Crippen molar-refractivity contribution in [3.63, 3.8) is 0 Å². The van der Waals surface area contributed by atoms with Gasteiger partial charge in [0, 0.05) is 50.5 Å². The Kier molecular flexibility index (Phi) is 6.63. The van der Waals surface area contributed by atoms with E-state index in [4.69, 9.17) is 0 Å². The van der Waals surface area contributed by atoms with Crippen LogP contribution in [0.1, 0.15) is 41.1 Å². The van der Waals surface area contributed by atoms with Crippen molar-refractivity contribution in [2.75, 3.05) is 20.1 Å². The molecule has 158 valence electrons. The molecule has 2 aromatic heterocycles. The first-order valence-electron chi connectivity index (χ1n) is 9.97.